The Morgan fingerprint density at radius 1 is 1.73 bits per heavy atom. The lowest BCUT2D eigenvalue weighted by atomic mass is 10.2. The molecule has 7 heteroatoms. The number of hydrogen-bond donors (Lipinski definition) is 1. The molecule has 0 bridgehead atoms. The van der Waals surface area contributed by atoms with E-state index in [1.165, 1.54) is 11.0 Å². The maximum Gasteiger partial charge on any atom is 0.490 e. The average molecular weight is 213 g/mol. The van der Waals surface area contributed by atoms with Crippen LogP contribution in [-0.2, 0) is 6.54 Å². The van der Waals surface area contributed by atoms with Gasteiger partial charge in [-0.05, 0) is 23.9 Å². The quantitative estimate of drug-likeness (QED) is 0.547. The Morgan fingerprint density at radius 2 is 2.47 bits per heavy atom. The van der Waals surface area contributed by atoms with Crippen LogP contribution in [0.4, 0.5) is 5.95 Å². The van der Waals surface area contributed by atoms with Crippen LogP contribution < -0.4 is 5.32 Å². The van der Waals surface area contributed by atoms with E-state index in [-0.39, 0.29) is 5.95 Å². The topological polar surface area (TPSA) is 85.9 Å². The fourth-order valence-electron chi connectivity index (χ4n) is 1.23. The number of nitro groups is 1. The fourth-order valence-corrected chi connectivity index (χ4v) is 1.23. The third-order valence-electron chi connectivity index (χ3n) is 1.93. The normalized spacial score (nSPS) is 12.7. The Balaban J connectivity index is 2.46. The van der Waals surface area contributed by atoms with Crippen molar-refractivity contribution >= 4 is 5.95 Å². The summed E-state index contributed by atoms with van der Waals surface area (Å²) in [7, 11) is 0. The van der Waals surface area contributed by atoms with Crippen molar-refractivity contribution in [1.29, 1.82) is 0 Å². The summed E-state index contributed by atoms with van der Waals surface area (Å²) >= 11 is 0. The number of hydrogen-bond acceptors (Lipinski definition) is 5. The van der Waals surface area contributed by atoms with Crippen molar-refractivity contribution in [2.75, 3.05) is 13.1 Å². The molecule has 0 amide bonds. The van der Waals surface area contributed by atoms with Crippen LogP contribution in [0.1, 0.15) is 13.8 Å². The number of nitrogens with zero attached hydrogens (tertiary/aromatic N) is 4. The molecule has 0 aliphatic heterocycles. The first-order valence-corrected chi connectivity index (χ1v) is 4.88. The zero-order valence-electron chi connectivity index (χ0n) is 8.88. The van der Waals surface area contributed by atoms with Crippen molar-refractivity contribution in [2.24, 2.45) is 5.92 Å². The average Bonchev–Trinajstić information content (AvgIpc) is 2.63. The van der Waals surface area contributed by atoms with Gasteiger partial charge in [0.05, 0.1) is 6.54 Å². The van der Waals surface area contributed by atoms with E-state index in [1.54, 1.807) is 0 Å². The van der Waals surface area contributed by atoms with E-state index >= 15 is 0 Å². The van der Waals surface area contributed by atoms with Gasteiger partial charge < -0.3 is 15.4 Å². The maximum atomic E-state index is 10.3. The van der Waals surface area contributed by atoms with Gasteiger partial charge in [-0.25, -0.2) is 0 Å². The second-order valence-corrected chi connectivity index (χ2v) is 3.44. The van der Waals surface area contributed by atoms with Crippen LogP contribution in [0.25, 0.3) is 0 Å². The summed E-state index contributed by atoms with van der Waals surface area (Å²) in [5.41, 5.74) is 0. The van der Waals surface area contributed by atoms with Crippen LogP contribution in [0.15, 0.2) is 6.33 Å². The zero-order chi connectivity index (χ0) is 11.3. The summed E-state index contributed by atoms with van der Waals surface area (Å²) in [6, 6.07) is 0. The minimum absolute atomic E-state index is 0.342. The van der Waals surface area contributed by atoms with E-state index in [4.69, 9.17) is 0 Å². The van der Waals surface area contributed by atoms with Gasteiger partial charge >= 0.3 is 5.95 Å². The van der Waals surface area contributed by atoms with Gasteiger partial charge in [0.1, 0.15) is 0 Å². The molecule has 1 aromatic heterocycles. The lowest BCUT2D eigenvalue weighted by Crippen LogP contribution is -2.24. The molecule has 1 heterocycles. The van der Waals surface area contributed by atoms with Crippen LogP contribution in [0.3, 0.4) is 0 Å². The number of aromatic nitrogens is 3. The molecule has 0 aliphatic rings. The SMILES string of the molecule is CCNCC(C)Cn1cnc([N+](=O)[O-])n1. The first-order chi connectivity index (χ1) is 7.13. The summed E-state index contributed by atoms with van der Waals surface area (Å²) in [5.74, 6) is 0.0249. The van der Waals surface area contributed by atoms with Gasteiger partial charge in [0.2, 0.25) is 6.33 Å². The van der Waals surface area contributed by atoms with Crippen LogP contribution >= 0.6 is 0 Å². The second kappa shape index (κ2) is 5.40. The third-order valence-corrected chi connectivity index (χ3v) is 1.93. The molecule has 0 saturated heterocycles. The largest absolute Gasteiger partial charge is 0.490 e. The lowest BCUT2D eigenvalue weighted by molar-refractivity contribution is -0.394. The summed E-state index contributed by atoms with van der Waals surface area (Å²) < 4.78 is 1.50. The highest BCUT2D eigenvalue weighted by Crippen LogP contribution is 2.03. The first-order valence-electron chi connectivity index (χ1n) is 4.88. The smallest absolute Gasteiger partial charge is 0.390 e. The molecule has 0 spiro atoms. The first kappa shape index (κ1) is 11.6. The number of rotatable bonds is 6. The molecule has 7 nitrogen and oxygen atoms in total. The second-order valence-electron chi connectivity index (χ2n) is 3.44. The Bertz CT molecular complexity index is 325. The molecule has 0 radical (unpaired) electrons. The molecule has 1 atom stereocenters. The predicted octanol–water partition coefficient (Wildman–Crippen LogP) is 0.432. The molecule has 1 N–H and O–H groups in total. The van der Waals surface area contributed by atoms with Gasteiger partial charge in [-0.1, -0.05) is 18.8 Å². The number of nitrogens with one attached hydrogen (secondary N) is 1. The van der Waals surface area contributed by atoms with Gasteiger partial charge in [-0.3, -0.25) is 0 Å². The van der Waals surface area contributed by atoms with Crippen molar-refractivity contribution < 1.29 is 4.92 Å². The van der Waals surface area contributed by atoms with Gasteiger partial charge in [-0.2, -0.15) is 4.68 Å². The van der Waals surface area contributed by atoms with Crippen molar-refractivity contribution in [1.82, 2.24) is 20.1 Å². The summed E-state index contributed by atoms with van der Waals surface area (Å²) in [6.45, 7) is 6.50. The molecule has 0 saturated carbocycles. The summed E-state index contributed by atoms with van der Waals surface area (Å²) in [5, 5.41) is 17.3. The molecular formula is C8H15N5O2. The van der Waals surface area contributed by atoms with Crippen molar-refractivity contribution in [3.05, 3.63) is 16.4 Å². The third kappa shape index (κ3) is 3.62. The van der Waals surface area contributed by atoms with E-state index < -0.39 is 4.92 Å². The highest BCUT2D eigenvalue weighted by atomic mass is 16.6. The summed E-state index contributed by atoms with van der Waals surface area (Å²) in [4.78, 5) is 13.3. The van der Waals surface area contributed by atoms with Gasteiger partial charge in [0.25, 0.3) is 0 Å². The van der Waals surface area contributed by atoms with Crippen molar-refractivity contribution in [3.63, 3.8) is 0 Å². The molecule has 0 aliphatic carbocycles. The predicted molar refractivity (Wildman–Crippen MR) is 54.4 cm³/mol. The zero-order valence-corrected chi connectivity index (χ0v) is 8.88. The monoisotopic (exact) mass is 213 g/mol. The van der Waals surface area contributed by atoms with Gasteiger partial charge in [-0.15, -0.1) is 0 Å². The lowest BCUT2D eigenvalue weighted by Gasteiger charge is -2.08. The van der Waals surface area contributed by atoms with Crippen LogP contribution in [0.2, 0.25) is 0 Å². The minimum Gasteiger partial charge on any atom is -0.390 e. The summed E-state index contributed by atoms with van der Waals surface area (Å²) in [6.07, 6.45) is 1.39. The van der Waals surface area contributed by atoms with Crippen LogP contribution in [0.5, 0.6) is 0 Å². The Hall–Kier alpha value is -1.50. The molecule has 1 unspecified atom stereocenters. The highest BCUT2D eigenvalue weighted by molar-refractivity contribution is 4.96. The molecule has 0 fully saturated rings. The van der Waals surface area contributed by atoms with Gasteiger partial charge in [0, 0.05) is 5.10 Å². The fraction of sp³-hybridized carbons (Fsp3) is 0.750. The Morgan fingerprint density at radius 3 is 3.00 bits per heavy atom. The van der Waals surface area contributed by atoms with Crippen LogP contribution in [-0.4, -0.2) is 32.8 Å². The van der Waals surface area contributed by atoms with E-state index in [0.717, 1.165) is 13.1 Å². The molecule has 1 aromatic rings. The molecular weight excluding hydrogens is 198 g/mol. The van der Waals surface area contributed by atoms with E-state index in [9.17, 15) is 10.1 Å². The molecule has 0 aromatic carbocycles. The van der Waals surface area contributed by atoms with E-state index in [1.807, 2.05) is 6.92 Å². The molecule has 15 heavy (non-hydrogen) atoms. The van der Waals surface area contributed by atoms with Crippen molar-refractivity contribution in [2.45, 2.75) is 20.4 Å². The van der Waals surface area contributed by atoms with Crippen LogP contribution in [0, 0.1) is 16.0 Å². The minimum atomic E-state index is -0.592. The molecule has 84 valence electrons. The Kier molecular flexibility index (Phi) is 4.17. The van der Waals surface area contributed by atoms with E-state index in [0.29, 0.717) is 12.5 Å². The highest BCUT2D eigenvalue weighted by Gasteiger charge is 2.14. The van der Waals surface area contributed by atoms with Gasteiger partial charge in [0.15, 0.2) is 0 Å². The van der Waals surface area contributed by atoms with Crippen molar-refractivity contribution in [3.8, 4) is 0 Å². The van der Waals surface area contributed by atoms with E-state index in [2.05, 4.69) is 22.3 Å². The standard InChI is InChI=1S/C8H15N5O2/c1-3-9-4-7(2)5-12-6-10-8(11-12)13(14)15/h6-7,9H,3-5H2,1-2H3. The molecule has 1 rings (SSSR count). The maximum absolute atomic E-state index is 10.3. The Labute approximate surface area is 87.7 Å².